The van der Waals surface area contributed by atoms with Gasteiger partial charge in [-0.25, -0.2) is 0 Å². The maximum atomic E-state index is 13.0. The predicted molar refractivity (Wildman–Crippen MR) is 156 cm³/mol. The lowest BCUT2D eigenvalue weighted by atomic mass is 9.91. The molecule has 188 valence electrons. The smallest absolute Gasteiger partial charge is 0.316 e. The van der Waals surface area contributed by atoms with Crippen molar-refractivity contribution in [2.75, 3.05) is 6.61 Å². The third-order valence-corrected chi connectivity index (χ3v) is 6.36. The summed E-state index contributed by atoms with van der Waals surface area (Å²) in [6.07, 6.45) is 0. The average Bonchev–Trinajstić information content (AvgIpc) is 2.92. The molecule has 0 N–H and O–H groups in total. The molecule has 5 aromatic carbocycles. The lowest BCUT2D eigenvalue weighted by molar-refractivity contribution is -0.142. The number of rotatable bonds is 4. The Balaban J connectivity index is 1.74. The lowest BCUT2D eigenvalue weighted by Crippen LogP contribution is -2.25. The molecule has 0 aromatic heterocycles. The summed E-state index contributed by atoms with van der Waals surface area (Å²) < 4.78 is 12.2. The van der Waals surface area contributed by atoms with E-state index in [0.717, 1.165) is 49.5 Å². The van der Waals surface area contributed by atoms with Crippen LogP contribution in [0.3, 0.4) is 0 Å². The fourth-order valence-corrected chi connectivity index (χ4v) is 4.43. The molecule has 0 heterocycles. The van der Waals surface area contributed by atoms with E-state index in [-0.39, 0.29) is 5.97 Å². The fourth-order valence-electron chi connectivity index (χ4n) is 4.43. The summed E-state index contributed by atoms with van der Waals surface area (Å²) in [4.78, 5) is 13.0. The summed E-state index contributed by atoms with van der Waals surface area (Å²) in [6.45, 7) is 8.06. The Labute approximate surface area is 224 Å². The molecule has 5 aromatic rings. The van der Waals surface area contributed by atoms with Crippen LogP contribution in [-0.2, 0) is 4.79 Å². The second kappa shape index (κ2) is 10.4. The molecule has 3 heteroatoms. The number of fused-ring (bicyclic) bond motifs is 2. The molecule has 0 aliphatic carbocycles. The van der Waals surface area contributed by atoms with Crippen LogP contribution in [-0.4, -0.2) is 12.6 Å². The first kappa shape index (κ1) is 25.1. The molecule has 0 unspecified atom stereocenters. The van der Waals surface area contributed by atoms with Crippen molar-refractivity contribution in [2.45, 2.75) is 27.7 Å². The topological polar surface area (TPSA) is 35.5 Å². The molecule has 0 saturated heterocycles. The van der Waals surface area contributed by atoms with Gasteiger partial charge in [0.15, 0.2) is 0 Å². The minimum Gasteiger partial charge on any atom is -0.493 e. The van der Waals surface area contributed by atoms with Crippen molar-refractivity contribution in [1.29, 1.82) is 0 Å². The second-order valence-electron chi connectivity index (χ2n) is 10.2. The van der Waals surface area contributed by atoms with Crippen LogP contribution in [0.15, 0.2) is 97.1 Å². The van der Waals surface area contributed by atoms with E-state index in [1.807, 2.05) is 94.4 Å². The standard InChI is InChI=1S/C35H30O3/c1-5-37-30-21-19-27-23-25(16-15-24-11-7-6-8-12-24)17-20-29(27)32(30)33-28-14-10-9-13-26(28)18-22-31(33)38-34(36)35(2,3)4/h6-14,17-23H,5H2,1-4H3. The molecule has 0 atom stereocenters. The zero-order chi connectivity index (χ0) is 26.7. The summed E-state index contributed by atoms with van der Waals surface area (Å²) in [5.41, 5.74) is 3.00. The summed E-state index contributed by atoms with van der Waals surface area (Å²) in [5.74, 6) is 7.50. The van der Waals surface area contributed by atoms with E-state index in [1.165, 1.54) is 0 Å². The molecule has 3 nitrogen and oxygen atoms in total. The van der Waals surface area contributed by atoms with Gasteiger partial charge < -0.3 is 9.47 Å². The first-order valence-electron chi connectivity index (χ1n) is 12.9. The molecule has 0 saturated carbocycles. The molecule has 0 aliphatic rings. The van der Waals surface area contributed by atoms with Gasteiger partial charge in [-0.15, -0.1) is 0 Å². The Morgan fingerprint density at radius 1 is 0.684 bits per heavy atom. The number of hydrogen-bond donors (Lipinski definition) is 0. The molecule has 0 amide bonds. The van der Waals surface area contributed by atoms with Gasteiger partial charge in [0.1, 0.15) is 11.5 Å². The van der Waals surface area contributed by atoms with Crippen molar-refractivity contribution in [3.63, 3.8) is 0 Å². The normalized spacial score (nSPS) is 11.2. The maximum absolute atomic E-state index is 13.0. The van der Waals surface area contributed by atoms with E-state index >= 15 is 0 Å². The van der Waals surface area contributed by atoms with Crippen LogP contribution in [0, 0.1) is 17.3 Å². The lowest BCUT2D eigenvalue weighted by Gasteiger charge is -2.21. The van der Waals surface area contributed by atoms with Crippen molar-refractivity contribution in [2.24, 2.45) is 5.41 Å². The van der Waals surface area contributed by atoms with Crippen LogP contribution in [0.5, 0.6) is 11.5 Å². The third-order valence-electron chi connectivity index (χ3n) is 6.36. The van der Waals surface area contributed by atoms with Crippen LogP contribution >= 0.6 is 0 Å². The van der Waals surface area contributed by atoms with E-state index in [9.17, 15) is 4.79 Å². The van der Waals surface area contributed by atoms with Crippen molar-refractivity contribution in [3.8, 4) is 34.5 Å². The van der Waals surface area contributed by atoms with Gasteiger partial charge in [-0.05, 0) is 85.6 Å². The zero-order valence-electron chi connectivity index (χ0n) is 22.2. The van der Waals surface area contributed by atoms with Gasteiger partial charge in [0.2, 0.25) is 0 Å². The average molecular weight is 499 g/mol. The highest BCUT2D eigenvalue weighted by Crippen LogP contribution is 2.46. The van der Waals surface area contributed by atoms with Crippen molar-refractivity contribution in [1.82, 2.24) is 0 Å². The summed E-state index contributed by atoms with van der Waals surface area (Å²) >= 11 is 0. The Hall–Kier alpha value is -4.55. The van der Waals surface area contributed by atoms with Crippen LogP contribution in [0.25, 0.3) is 32.7 Å². The van der Waals surface area contributed by atoms with Crippen LogP contribution in [0.4, 0.5) is 0 Å². The summed E-state index contributed by atoms with van der Waals surface area (Å²) in [6, 6.07) is 32.2. The third kappa shape index (κ3) is 5.12. The first-order chi connectivity index (χ1) is 18.3. The maximum Gasteiger partial charge on any atom is 0.316 e. The first-order valence-corrected chi connectivity index (χ1v) is 12.9. The van der Waals surface area contributed by atoms with Crippen molar-refractivity contribution in [3.05, 3.63) is 108 Å². The van der Waals surface area contributed by atoms with Gasteiger partial charge in [0, 0.05) is 22.3 Å². The quantitative estimate of drug-likeness (QED) is 0.142. The number of esters is 1. The molecule has 5 rings (SSSR count). The highest BCUT2D eigenvalue weighted by atomic mass is 16.5. The highest BCUT2D eigenvalue weighted by Gasteiger charge is 2.26. The van der Waals surface area contributed by atoms with Crippen LogP contribution in [0.2, 0.25) is 0 Å². The molecule has 0 aliphatic heterocycles. The van der Waals surface area contributed by atoms with E-state index < -0.39 is 5.41 Å². The van der Waals surface area contributed by atoms with E-state index in [2.05, 4.69) is 42.2 Å². The fraction of sp³-hybridized carbons (Fsp3) is 0.171. The molecular formula is C35H30O3. The summed E-state index contributed by atoms with van der Waals surface area (Å²) in [7, 11) is 0. The minimum atomic E-state index is -0.642. The Kier molecular flexibility index (Phi) is 6.90. The Bertz CT molecular complexity index is 1700. The second-order valence-corrected chi connectivity index (χ2v) is 10.2. The zero-order valence-corrected chi connectivity index (χ0v) is 22.2. The van der Waals surface area contributed by atoms with Gasteiger partial charge in [-0.1, -0.05) is 72.5 Å². The SMILES string of the molecule is CCOc1ccc2cc(C#Cc3ccccc3)ccc2c1-c1c(OC(=O)C(C)(C)C)ccc2ccccc12. The molecule has 0 fully saturated rings. The van der Waals surface area contributed by atoms with Gasteiger partial charge in [0.05, 0.1) is 12.0 Å². The largest absolute Gasteiger partial charge is 0.493 e. The van der Waals surface area contributed by atoms with Crippen molar-refractivity contribution >= 4 is 27.5 Å². The van der Waals surface area contributed by atoms with Gasteiger partial charge in [0.25, 0.3) is 0 Å². The Morgan fingerprint density at radius 2 is 1.32 bits per heavy atom. The van der Waals surface area contributed by atoms with Crippen LogP contribution in [0.1, 0.15) is 38.8 Å². The van der Waals surface area contributed by atoms with Gasteiger partial charge in [-0.2, -0.15) is 0 Å². The van der Waals surface area contributed by atoms with E-state index in [0.29, 0.717) is 12.4 Å². The summed E-state index contributed by atoms with van der Waals surface area (Å²) in [5, 5.41) is 4.09. The van der Waals surface area contributed by atoms with Gasteiger partial charge >= 0.3 is 5.97 Å². The number of benzene rings is 5. The molecule has 0 radical (unpaired) electrons. The van der Waals surface area contributed by atoms with E-state index in [1.54, 1.807) is 0 Å². The van der Waals surface area contributed by atoms with Gasteiger partial charge in [-0.3, -0.25) is 4.79 Å². The monoisotopic (exact) mass is 498 g/mol. The predicted octanol–water partition coefficient (Wildman–Crippen LogP) is 8.41. The number of carbonyl (C=O) groups is 1. The number of ether oxygens (including phenoxy) is 2. The molecule has 38 heavy (non-hydrogen) atoms. The Morgan fingerprint density at radius 3 is 2.08 bits per heavy atom. The number of hydrogen-bond acceptors (Lipinski definition) is 3. The molecule has 0 bridgehead atoms. The van der Waals surface area contributed by atoms with E-state index in [4.69, 9.17) is 9.47 Å². The minimum absolute atomic E-state index is 0.286. The molecule has 0 spiro atoms. The van der Waals surface area contributed by atoms with Crippen molar-refractivity contribution < 1.29 is 14.3 Å². The van der Waals surface area contributed by atoms with Crippen LogP contribution < -0.4 is 9.47 Å². The highest BCUT2D eigenvalue weighted by molar-refractivity contribution is 6.10. The number of carbonyl (C=O) groups excluding carboxylic acids is 1. The molecular weight excluding hydrogens is 468 g/mol.